The molecule has 0 aromatic heterocycles. The monoisotopic (exact) mass is 926 g/mol. The lowest BCUT2D eigenvalue weighted by Gasteiger charge is -2.34. The minimum absolute atomic E-state index is 0.188. The zero-order valence-corrected chi connectivity index (χ0v) is 38.4. The van der Waals surface area contributed by atoms with Gasteiger partial charge >= 0.3 is 17.9 Å². The fraction of sp³-hybridized carbons (Fsp3) is 0.208. The van der Waals surface area contributed by atoms with Crippen molar-refractivity contribution in [3.63, 3.8) is 0 Å². The van der Waals surface area contributed by atoms with E-state index < -0.39 is 24.3 Å². The van der Waals surface area contributed by atoms with Gasteiger partial charge in [-0.3, -0.25) is 14.4 Å². The summed E-state index contributed by atoms with van der Waals surface area (Å²) in [6.45, 7) is 0. The van der Waals surface area contributed by atoms with Crippen molar-refractivity contribution in [2.24, 2.45) is 0 Å². The van der Waals surface area contributed by atoms with Gasteiger partial charge in [-0.05, 0) is 93.6 Å². The number of carbonyl (C=O) groups excluding carboxylic acids is 1. The van der Waals surface area contributed by atoms with Crippen molar-refractivity contribution < 1.29 is 53.4 Å². The lowest BCUT2D eigenvalue weighted by Crippen LogP contribution is -2.20. The van der Waals surface area contributed by atoms with Crippen molar-refractivity contribution in [3.8, 4) is 23.0 Å². The molecule has 3 N–H and O–H groups in total. The Labute approximate surface area is 392 Å². The molecule has 0 radical (unpaired) electrons. The Bertz CT molecular complexity index is 2620. The smallest absolute Gasteiger partial charge is 0.328 e. The molecule has 0 spiro atoms. The van der Waals surface area contributed by atoms with Gasteiger partial charge in [0, 0.05) is 56.6 Å². The number of carbonyl (C=O) groups is 4. The molecule has 0 amide bonds. The van der Waals surface area contributed by atoms with Crippen molar-refractivity contribution in [2.45, 2.75) is 39.9 Å². The maximum atomic E-state index is 11.1. The SMILES string of the molecule is COc1ccc(C2CSc3cc(OC)ccc3C2c2ccc(/C=C/C(=O)O)cc2)cc1.COc1ccc(C2CSc3cc(OC)ccc3C2c2ccc(C=O)cc2)cc1.O=C(O)CC(=O)O. The highest BCUT2D eigenvalue weighted by Crippen LogP contribution is 2.51. The number of carboxylic acid groups (broad SMARTS) is 3. The lowest BCUT2D eigenvalue weighted by molar-refractivity contribution is -0.147. The van der Waals surface area contributed by atoms with E-state index in [9.17, 15) is 19.2 Å². The number of aliphatic carboxylic acids is 3. The van der Waals surface area contributed by atoms with E-state index in [0.717, 1.165) is 52.4 Å². The van der Waals surface area contributed by atoms with Gasteiger partial charge < -0.3 is 34.3 Å². The Morgan fingerprint density at radius 2 is 0.879 bits per heavy atom. The van der Waals surface area contributed by atoms with E-state index in [1.807, 2.05) is 84.2 Å². The quantitative estimate of drug-likeness (QED) is 0.0569. The van der Waals surface area contributed by atoms with Crippen LogP contribution < -0.4 is 18.9 Å². The third-order valence-corrected chi connectivity index (χ3v) is 13.7. The molecule has 2 heterocycles. The summed E-state index contributed by atoms with van der Waals surface area (Å²) in [5.41, 5.74) is 9.15. The van der Waals surface area contributed by atoms with Crippen molar-refractivity contribution in [1.29, 1.82) is 0 Å². The van der Waals surface area contributed by atoms with Gasteiger partial charge in [-0.1, -0.05) is 84.9 Å². The van der Waals surface area contributed by atoms with E-state index in [4.69, 9.17) is 34.3 Å². The minimum atomic E-state index is -1.31. The fourth-order valence-corrected chi connectivity index (χ4v) is 10.6. The summed E-state index contributed by atoms with van der Waals surface area (Å²) in [6, 6.07) is 45.4. The number of carboxylic acids is 3. The maximum Gasteiger partial charge on any atom is 0.328 e. The molecule has 2 aliphatic heterocycles. The number of rotatable bonds is 13. The number of fused-ring (bicyclic) bond motifs is 2. The summed E-state index contributed by atoms with van der Waals surface area (Å²) < 4.78 is 21.5. The Morgan fingerprint density at radius 3 is 1.21 bits per heavy atom. The first-order valence-corrected chi connectivity index (χ1v) is 22.8. The molecule has 11 nitrogen and oxygen atoms in total. The predicted molar refractivity (Wildman–Crippen MR) is 257 cm³/mol. The molecular weight excluding hydrogens is 877 g/mol. The number of hydrogen-bond donors (Lipinski definition) is 3. The van der Waals surface area contributed by atoms with Gasteiger partial charge in [-0.2, -0.15) is 0 Å². The molecule has 6 aromatic carbocycles. The third-order valence-electron chi connectivity index (χ3n) is 11.3. The number of ether oxygens (including phenoxy) is 4. The molecular formula is C53H50O11S2. The molecule has 0 bridgehead atoms. The number of benzene rings is 6. The minimum Gasteiger partial charge on any atom is -0.497 e. The average Bonchev–Trinajstić information content (AvgIpc) is 3.35. The first-order valence-electron chi connectivity index (χ1n) is 20.8. The summed E-state index contributed by atoms with van der Waals surface area (Å²) in [5.74, 6) is 2.86. The molecule has 0 saturated carbocycles. The summed E-state index contributed by atoms with van der Waals surface area (Å²) in [5, 5.41) is 24.3. The van der Waals surface area contributed by atoms with Crippen LogP contribution in [0, 0.1) is 0 Å². The number of aldehydes is 1. The van der Waals surface area contributed by atoms with E-state index in [2.05, 4.69) is 72.8 Å². The molecule has 66 heavy (non-hydrogen) atoms. The summed E-state index contributed by atoms with van der Waals surface area (Å²) in [6.07, 6.45) is 2.86. The maximum absolute atomic E-state index is 11.1. The highest BCUT2D eigenvalue weighted by molar-refractivity contribution is 7.99. The van der Waals surface area contributed by atoms with Crippen LogP contribution in [-0.2, 0) is 14.4 Å². The van der Waals surface area contributed by atoms with Crippen LogP contribution in [0.15, 0.2) is 149 Å². The van der Waals surface area contributed by atoms with Crippen LogP contribution in [-0.4, -0.2) is 79.5 Å². The Kier molecular flexibility index (Phi) is 17.1. The van der Waals surface area contributed by atoms with Gasteiger partial charge in [0.1, 0.15) is 35.7 Å². The molecule has 4 atom stereocenters. The Hall–Kier alpha value is -6.96. The van der Waals surface area contributed by atoms with Crippen LogP contribution in [0.25, 0.3) is 6.08 Å². The van der Waals surface area contributed by atoms with E-state index in [1.165, 1.54) is 43.2 Å². The average molecular weight is 927 g/mol. The van der Waals surface area contributed by atoms with Crippen LogP contribution >= 0.6 is 23.5 Å². The number of hydrogen-bond acceptors (Lipinski definition) is 10. The normalized spacial score (nSPS) is 17.0. The van der Waals surface area contributed by atoms with E-state index in [-0.39, 0.29) is 11.8 Å². The van der Waals surface area contributed by atoms with Gasteiger partial charge in [0.25, 0.3) is 0 Å². The van der Waals surface area contributed by atoms with Crippen LogP contribution in [0.3, 0.4) is 0 Å². The molecule has 340 valence electrons. The zero-order chi connectivity index (χ0) is 47.2. The van der Waals surface area contributed by atoms with Gasteiger partial charge in [-0.15, -0.1) is 23.5 Å². The van der Waals surface area contributed by atoms with Crippen molar-refractivity contribution >= 4 is 53.8 Å². The third kappa shape index (κ3) is 12.4. The zero-order valence-electron chi connectivity index (χ0n) is 36.8. The summed E-state index contributed by atoms with van der Waals surface area (Å²) in [4.78, 5) is 43.2. The van der Waals surface area contributed by atoms with Crippen molar-refractivity contribution in [3.05, 3.63) is 184 Å². The summed E-state index contributed by atoms with van der Waals surface area (Å²) >= 11 is 3.73. The first kappa shape index (κ1) is 48.5. The molecule has 0 saturated heterocycles. The highest BCUT2D eigenvalue weighted by atomic mass is 32.2. The predicted octanol–water partition coefficient (Wildman–Crippen LogP) is 10.9. The van der Waals surface area contributed by atoms with E-state index in [1.54, 1.807) is 34.5 Å². The van der Waals surface area contributed by atoms with Crippen LogP contribution in [0.5, 0.6) is 23.0 Å². The highest BCUT2D eigenvalue weighted by Gasteiger charge is 2.34. The topological polar surface area (TPSA) is 166 Å². The van der Waals surface area contributed by atoms with Gasteiger partial charge in [0.15, 0.2) is 0 Å². The van der Waals surface area contributed by atoms with Crippen molar-refractivity contribution in [2.75, 3.05) is 39.9 Å². The van der Waals surface area contributed by atoms with Crippen LogP contribution in [0.4, 0.5) is 0 Å². The van der Waals surface area contributed by atoms with E-state index >= 15 is 0 Å². The van der Waals surface area contributed by atoms with E-state index in [0.29, 0.717) is 17.4 Å². The standard InChI is InChI=1S/C26H24O4S.C24H22O3S.C3H4O4/c1-29-20-10-8-18(9-11-20)23-16-31-24-15-21(30-2)12-13-22(24)26(23)19-6-3-17(4-7-19)5-14-25(27)28;1-26-19-9-7-17(8-10-19)22-15-28-23-13-20(27-2)11-12-21(23)24(22)18-5-3-16(14-25)4-6-18;4-2(5)1-3(6)7/h3-15,23,26H,16H2,1-2H3,(H,27,28);3-14,22,24H,15H2,1-2H3;1H2,(H,4,5)(H,6,7)/b14-5+;;. The fourth-order valence-electron chi connectivity index (χ4n) is 8.03. The van der Waals surface area contributed by atoms with Crippen LogP contribution in [0.2, 0.25) is 0 Å². The second-order valence-corrected chi connectivity index (χ2v) is 17.4. The van der Waals surface area contributed by atoms with Crippen molar-refractivity contribution in [1.82, 2.24) is 0 Å². The molecule has 0 fully saturated rings. The Balaban J connectivity index is 0.000000192. The number of methoxy groups -OCH3 is 4. The second kappa shape index (κ2) is 23.3. The van der Waals surface area contributed by atoms with Gasteiger partial charge in [0.2, 0.25) is 0 Å². The Morgan fingerprint density at radius 1 is 0.515 bits per heavy atom. The molecule has 0 aliphatic carbocycles. The summed E-state index contributed by atoms with van der Waals surface area (Å²) in [7, 11) is 6.76. The molecule has 6 aromatic rings. The van der Waals surface area contributed by atoms with Crippen LogP contribution in [0.1, 0.15) is 79.4 Å². The first-order chi connectivity index (χ1) is 31.9. The number of thioether (sulfide) groups is 2. The lowest BCUT2D eigenvalue weighted by atomic mass is 9.77. The molecule has 4 unspecified atom stereocenters. The largest absolute Gasteiger partial charge is 0.497 e. The second-order valence-electron chi connectivity index (χ2n) is 15.2. The van der Waals surface area contributed by atoms with Gasteiger partial charge in [-0.25, -0.2) is 4.79 Å². The molecule has 2 aliphatic rings. The molecule has 13 heteroatoms. The van der Waals surface area contributed by atoms with Gasteiger partial charge in [0.05, 0.1) is 28.4 Å². The molecule has 8 rings (SSSR count).